The van der Waals surface area contributed by atoms with Gasteiger partial charge in [-0.2, -0.15) is 13.2 Å². The maximum atomic E-state index is 12.6. The number of alkyl halides is 3. The Morgan fingerprint density at radius 2 is 1.80 bits per heavy atom. The van der Waals surface area contributed by atoms with Crippen LogP contribution in [-0.2, 0) is 11.8 Å². The first kappa shape index (κ1) is 15.8. The van der Waals surface area contributed by atoms with E-state index in [0.29, 0.717) is 35.0 Å². The van der Waals surface area contributed by atoms with Crippen LogP contribution in [0.3, 0.4) is 0 Å². The van der Waals surface area contributed by atoms with Gasteiger partial charge in [0, 0.05) is 6.20 Å². The number of aromatic nitrogens is 1. The second-order valence-corrected chi connectivity index (χ2v) is 7.73. The number of rotatable bonds is 1. The molecule has 0 saturated heterocycles. The molecular formula is C14H20F3NOS. The monoisotopic (exact) mass is 307 g/mol. The molecule has 20 heavy (non-hydrogen) atoms. The Labute approximate surface area is 121 Å². The van der Waals surface area contributed by atoms with E-state index < -0.39 is 16.8 Å². The van der Waals surface area contributed by atoms with Crippen LogP contribution in [0.2, 0.25) is 0 Å². The van der Waals surface area contributed by atoms with E-state index in [4.69, 9.17) is 0 Å². The molecule has 6 heteroatoms. The van der Waals surface area contributed by atoms with Gasteiger partial charge >= 0.3 is 6.18 Å². The SMILES string of the molecule is CC(C)(C)C1CCC(O)(c2cnc(C(F)(F)F)s2)CC1. The second kappa shape index (κ2) is 4.98. The Balaban J connectivity index is 2.12. The standard InChI is InChI=1S/C14H20F3NOS/c1-12(2,3)9-4-6-13(19,7-5-9)10-8-18-11(20-10)14(15,16)17/h8-9,19H,4-7H2,1-3H3. The largest absolute Gasteiger partial charge is 0.443 e. The zero-order valence-corrected chi connectivity index (χ0v) is 12.7. The van der Waals surface area contributed by atoms with Crippen molar-refractivity contribution in [2.24, 2.45) is 11.3 Å². The van der Waals surface area contributed by atoms with Crippen LogP contribution in [0.25, 0.3) is 0 Å². The van der Waals surface area contributed by atoms with Crippen LogP contribution in [-0.4, -0.2) is 10.1 Å². The Kier molecular flexibility index (Phi) is 3.93. The minimum Gasteiger partial charge on any atom is -0.384 e. The van der Waals surface area contributed by atoms with Gasteiger partial charge in [0.2, 0.25) is 0 Å². The third-order valence-corrected chi connectivity index (χ3v) is 5.48. The first-order chi connectivity index (χ1) is 9.02. The predicted molar refractivity (Wildman–Crippen MR) is 72.4 cm³/mol. The molecule has 1 N–H and O–H groups in total. The van der Waals surface area contributed by atoms with E-state index in [9.17, 15) is 18.3 Å². The van der Waals surface area contributed by atoms with Crippen LogP contribution in [0.5, 0.6) is 0 Å². The van der Waals surface area contributed by atoms with E-state index >= 15 is 0 Å². The fourth-order valence-electron chi connectivity index (χ4n) is 2.83. The summed E-state index contributed by atoms with van der Waals surface area (Å²) in [6.45, 7) is 6.49. The van der Waals surface area contributed by atoms with Crippen molar-refractivity contribution < 1.29 is 18.3 Å². The molecule has 0 radical (unpaired) electrons. The van der Waals surface area contributed by atoms with Gasteiger partial charge in [0.25, 0.3) is 0 Å². The summed E-state index contributed by atoms with van der Waals surface area (Å²) >= 11 is 0.568. The van der Waals surface area contributed by atoms with Crippen LogP contribution in [0.15, 0.2) is 6.20 Å². The number of halogens is 3. The molecule has 1 aromatic heterocycles. The van der Waals surface area contributed by atoms with Crippen molar-refractivity contribution in [2.75, 3.05) is 0 Å². The minimum absolute atomic E-state index is 0.173. The van der Waals surface area contributed by atoms with E-state index in [1.807, 2.05) is 0 Å². The molecule has 0 bridgehead atoms. The first-order valence-electron chi connectivity index (χ1n) is 6.78. The highest BCUT2D eigenvalue weighted by atomic mass is 32.1. The van der Waals surface area contributed by atoms with Gasteiger partial charge in [0.15, 0.2) is 5.01 Å². The van der Waals surface area contributed by atoms with Gasteiger partial charge in [-0.3, -0.25) is 0 Å². The number of nitrogens with zero attached hydrogens (tertiary/aromatic N) is 1. The third-order valence-electron chi connectivity index (χ3n) is 4.24. The molecule has 114 valence electrons. The lowest BCUT2D eigenvalue weighted by Gasteiger charge is -2.40. The summed E-state index contributed by atoms with van der Waals surface area (Å²) in [5, 5.41) is 9.73. The average molecular weight is 307 g/mol. The molecule has 0 aromatic carbocycles. The highest BCUT2D eigenvalue weighted by Crippen LogP contribution is 2.47. The summed E-state index contributed by atoms with van der Waals surface area (Å²) in [5.74, 6) is 0.498. The summed E-state index contributed by atoms with van der Waals surface area (Å²) in [5.41, 5.74) is -0.963. The van der Waals surface area contributed by atoms with Gasteiger partial charge in [-0.15, -0.1) is 11.3 Å². The smallest absolute Gasteiger partial charge is 0.384 e. The van der Waals surface area contributed by atoms with Crippen molar-refractivity contribution in [3.05, 3.63) is 16.1 Å². The average Bonchev–Trinajstić information content (AvgIpc) is 2.77. The predicted octanol–water partition coefficient (Wildman–Crippen LogP) is 4.59. The summed E-state index contributed by atoms with van der Waals surface area (Å²) in [4.78, 5) is 3.75. The lowest BCUT2D eigenvalue weighted by atomic mass is 9.68. The van der Waals surface area contributed by atoms with Crippen LogP contribution < -0.4 is 0 Å². The van der Waals surface area contributed by atoms with Crippen molar-refractivity contribution in [3.8, 4) is 0 Å². The minimum atomic E-state index is -4.43. The van der Waals surface area contributed by atoms with Gasteiger partial charge in [-0.25, -0.2) is 4.98 Å². The second-order valence-electron chi connectivity index (χ2n) is 6.70. The van der Waals surface area contributed by atoms with Crippen LogP contribution in [0, 0.1) is 11.3 Å². The zero-order valence-electron chi connectivity index (χ0n) is 11.9. The van der Waals surface area contributed by atoms with E-state index in [-0.39, 0.29) is 5.41 Å². The zero-order chi connectivity index (χ0) is 15.2. The first-order valence-corrected chi connectivity index (χ1v) is 7.60. The van der Waals surface area contributed by atoms with E-state index in [2.05, 4.69) is 25.8 Å². The van der Waals surface area contributed by atoms with E-state index in [0.717, 1.165) is 12.8 Å². The summed E-state index contributed by atoms with van der Waals surface area (Å²) in [6.07, 6.45) is -0.561. The molecule has 2 rings (SSSR count). The van der Waals surface area contributed by atoms with Crippen molar-refractivity contribution in [1.82, 2.24) is 4.98 Å². The van der Waals surface area contributed by atoms with Crippen LogP contribution >= 0.6 is 11.3 Å². The van der Waals surface area contributed by atoms with Gasteiger partial charge in [0.05, 0.1) is 4.88 Å². The topological polar surface area (TPSA) is 33.1 Å². The maximum absolute atomic E-state index is 12.6. The Morgan fingerprint density at radius 1 is 1.25 bits per heavy atom. The molecule has 1 heterocycles. The molecule has 2 nitrogen and oxygen atoms in total. The molecule has 0 amide bonds. The van der Waals surface area contributed by atoms with E-state index in [1.54, 1.807) is 0 Å². The number of hydrogen-bond acceptors (Lipinski definition) is 3. The molecule has 0 spiro atoms. The van der Waals surface area contributed by atoms with Gasteiger partial charge < -0.3 is 5.11 Å². The quantitative estimate of drug-likeness (QED) is 0.823. The third kappa shape index (κ3) is 3.17. The molecule has 0 atom stereocenters. The van der Waals surface area contributed by atoms with Gasteiger partial charge in [-0.1, -0.05) is 20.8 Å². The van der Waals surface area contributed by atoms with Crippen molar-refractivity contribution in [3.63, 3.8) is 0 Å². The molecule has 1 aliphatic carbocycles. The summed E-state index contributed by atoms with van der Waals surface area (Å²) < 4.78 is 37.7. The summed E-state index contributed by atoms with van der Waals surface area (Å²) in [6, 6.07) is 0. The normalized spacial score (nSPS) is 28.6. The highest BCUT2D eigenvalue weighted by Gasteiger charge is 2.42. The molecule has 1 aliphatic rings. The molecular weight excluding hydrogens is 287 g/mol. The fourth-order valence-corrected chi connectivity index (χ4v) is 3.76. The van der Waals surface area contributed by atoms with Crippen LogP contribution in [0.4, 0.5) is 13.2 Å². The molecule has 0 aliphatic heterocycles. The van der Waals surface area contributed by atoms with Crippen molar-refractivity contribution >= 4 is 11.3 Å². The molecule has 1 saturated carbocycles. The van der Waals surface area contributed by atoms with Crippen LogP contribution in [0.1, 0.15) is 56.3 Å². The maximum Gasteiger partial charge on any atom is 0.443 e. The van der Waals surface area contributed by atoms with Crippen molar-refractivity contribution in [2.45, 2.75) is 58.2 Å². The lowest BCUT2D eigenvalue weighted by Crippen LogP contribution is -2.34. The Morgan fingerprint density at radius 3 is 2.20 bits per heavy atom. The van der Waals surface area contributed by atoms with Gasteiger partial charge in [0.1, 0.15) is 5.60 Å². The number of thiazole rings is 1. The van der Waals surface area contributed by atoms with E-state index in [1.165, 1.54) is 6.20 Å². The Hall–Kier alpha value is -0.620. The molecule has 0 unspecified atom stereocenters. The number of aliphatic hydroxyl groups is 1. The van der Waals surface area contributed by atoms with Gasteiger partial charge in [-0.05, 0) is 37.0 Å². The molecule has 1 aromatic rings. The Bertz CT molecular complexity index is 467. The summed E-state index contributed by atoms with van der Waals surface area (Å²) in [7, 11) is 0. The fraction of sp³-hybridized carbons (Fsp3) is 0.786. The number of hydrogen-bond donors (Lipinski definition) is 1. The lowest BCUT2D eigenvalue weighted by molar-refractivity contribution is -0.137. The highest BCUT2D eigenvalue weighted by molar-refractivity contribution is 7.11. The van der Waals surface area contributed by atoms with Crippen molar-refractivity contribution in [1.29, 1.82) is 0 Å². The molecule has 1 fully saturated rings.